The summed E-state index contributed by atoms with van der Waals surface area (Å²) >= 11 is 1.56. The number of hydrogen-bond donors (Lipinski definition) is 2. The summed E-state index contributed by atoms with van der Waals surface area (Å²) in [6, 6.07) is 6.63. The summed E-state index contributed by atoms with van der Waals surface area (Å²) in [5, 5.41) is 6.86. The number of H-pyrrole nitrogens is 1. The minimum atomic E-state index is -0.369. The molecule has 2 aromatic carbocycles. The Kier molecular flexibility index (Phi) is 4.08. The van der Waals surface area contributed by atoms with Gasteiger partial charge in [0.2, 0.25) is 0 Å². The fraction of sp³-hybridized carbons (Fsp3) is 0.300. The van der Waals surface area contributed by atoms with Crippen LogP contribution in [0.25, 0.3) is 31.8 Å². The average molecular weight is 398 g/mol. The summed E-state index contributed by atoms with van der Waals surface area (Å²) in [5.74, 6) is -0.369. The number of fused-ring (bicyclic) bond motifs is 6. The zero-order valence-corrected chi connectivity index (χ0v) is 16.3. The zero-order chi connectivity index (χ0) is 19.4. The lowest BCUT2D eigenvalue weighted by Crippen LogP contribution is -2.37. The molecule has 0 unspecified atom stereocenters. The van der Waals surface area contributed by atoms with E-state index in [4.69, 9.17) is 9.72 Å². The molecule has 1 aliphatic heterocycles. The number of nitrogens with one attached hydrogen (secondary N) is 2. The van der Waals surface area contributed by atoms with Crippen molar-refractivity contribution >= 4 is 48.2 Å². The number of aromatic amines is 1. The molecule has 0 spiro atoms. The number of likely N-dealkylation sites (N-methyl/N-ethyl adjacent to an activating group) is 1. The van der Waals surface area contributed by atoms with Crippen LogP contribution in [0.4, 0.5) is 9.52 Å². The standard InChI is InChI=1S/C20H19FN4O2S/c1-22-14-8-25(9-15(14)27-2)20-24-17-11-4-3-10(21)7-13(11)16-12(18(17)28-20)5-6-23-19(16)26/h3-7,14-15,22H,8-9H2,1-2H3,(H,23,26)/t14-,15+/m1/s1. The van der Waals surface area contributed by atoms with Gasteiger partial charge >= 0.3 is 0 Å². The Bertz CT molecular complexity index is 1260. The van der Waals surface area contributed by atoms with E-state index in [1.807, 2.05) is 13.1 Å². The van der Waals surface area contributed by atoms with Crippen molar-refractivity contribution in [2.75, 3.05) is 32.1 Å². The number of ether oxygens (including phenoxy) is 1. The minimum absolute atomic E-state index is 0.0856. The molecular weight excluding hydrogens is 379 g/mol. The third-order valence-corrected chi connectivity index (χ3v) is 6.69. The number of aromatic nitrogens is 2. The van der Waals surface area contributed by atoms with E-state index in [0.717, 1.165) is 39.2 Å². The maximum Gasteiger partial charge on any atom is 0.256 e. The van der Waals surface area contributed by atoms with Crippen LogP contribution in [0.15, 0.2) is 35.3 Å². The Labute approximate surface area is 163 Å². The molecule has 5 rings (SSSR count). The number of rotatable bonds is 3. The van der Waals surface area contributed by atoms with Crippen LogP contribution in [0.3, 0.4) is 0 Å². The van der Waals surface area contributed by atoms with Gasteiger partial charge in [0.1, 0.15) is 5.82 Å². The predicted molar refractivity (Wildman–Crippen MR) is 111 cm³/mol. The Morgan fingerprint density at radius 3 is 2.89 bits per heavy atom. The van der Waals surface area contributed by atoms with Crippen molar-refractivity contribution in [3.63, 3.8) is 0 Å². The molecule has 28 heavy (non-hydrogen) atoms. The maximum absolute atomic E-state index is 14.0. The molecule has 8 heteroatoms. The second kappa shape index (κ2) is 6.51. The minimum Gasteiger partial charge on any atom is -0.378 e. The largest absolute Gasteiger partial charge is 0.378 e. The van der Waals surface area contributed by atoms with Gasteiger partial charge in [0.25, 0.3) is 5.56 Å². The number of benzene rings is 2. The molecule has 0 saturated carbocycles. The van der Waals surface area contributed by atoms with Crippen LogP contribution in [0, 0.1) is 5.82 Å². The van der Waals surface area contributed by atoms with Gasteiger partial charge in [-0.25, -0.2) is 9.37 Å². The molecule has 1 aliphatic rings. The number of methoxy groups -OCH3 is 1. The summed E-state index contributed by atoms with van der Waals surface area (Å²) in [4.78, 5) is 22.4. The van der Waals surface area contributed by atoms with Crippen molar-refractivity contribution in [1.29, 1.82) is 0 Å². The molecule has 0 aliphatic carbocycles. The van der Waals surface area contributed by atoms with Crippen LogP contribution in [0.5, 0.6) is 0 Å². The van der Waals surface area contributed by atoms with Gasteiger partial charge in [-0.15, -0.1) is 0 Å². The van der Waals surface area contributed by atoms with Crippen LogP contribution >= 0.6 is 11.3 Å². The van der Waals surface area contributed by atoms with E-state index in [2.05, 4.69) is 15.2 Å². The Morgan fingerprint density at radius 1 is 1.29 bits per heavy atom. The third kappa shape index (κ3) is 2.52. The first kappa shape index (κ1) is 17.5. The first-order valence-electron chi connectivity index (χ1n) is 9.09. The lowest BCUT2D eigenvalue weighted by atomic mass is 10.0. The Hall–Kier alpha value is -2.55. The van der Waals surface area contributed by atoms with Crippen LogP contribution in [0.2, 0.25) is 0 Å². The zero-order valence-electron chi connectivity index (χ0n) is 15.5. The van der Waals surface area contributed by atoms with Crippen LogP contribution < -0.4 is 15.8 Å². The molecule has 2 N–H and O–H groups in total. The number of nitrogens with zero attached hydrogens (tertiary/aromatic N) is 2. The molecule has 1 fully saturated rings. The highest BCUT2D eigenvalue weighted by atomic mass is 32.1. The highest BCUT2D eigenvalue weighted by Gasteiger charge is 2.33. The topological polar surface area (TPSA) is 70.2 Å². The monoisotopic (exact) mass is 398 g/mol. The van der Waals surface area contributed by atoms with Gasteiger partial charge in [-0.1, -0.05) is 11.3 Å². The fourth-order valence-corrected chi connectivity index (χ4v) is 5.25. The molecule has 3 heterocycles. The normalized spacial score (nSPS) is 20.0. The number of anilines is 1. The van der Waals surface area contributed by atoms with Crippen molar-refractivity contribution < 1.29 is 9.13 Å². The molecule has 0 amide bonds. The molecule has 144 valence electrons. The molecule has 1 saturated heterocycles. The second-order valence-electron chi connectivity index (χ2n) is 7.03. The first-order valence-corrected chi connectivity index (χ1v) is 9.90. The summed E-state index contributed by atoms with van der Waals surface area (Å²) in [6.45, 7) is 1.53. The van der Waals surface area contributed by atoms with Crippen molar-refractivity contribution in [2.24, 2.45) is 0 Å². The van der Waals surface area contributed by atoms with Gasteiger partial charge in [0, 0.05) is 42.6 Å². The van der Waals surface area contributed by atoms with Crippen molar-refractivity contribution in [3.8, 4) is 0 Å². The van der Waals surface area contributed by atoms with Gasteiger partial charge in [-0.2, -0.15) is 0 Å². The van der Waals surface area contributed by atoms with Crippen molar-refractivity contribution in [2.45, 2.75) is 12.1 Å². The highest BCUT2D eigenvalue weighted by Crippen LogP contribution is 2.40. The second-order valence-corrected chi connectivity index (χ2v) is 8.01. The molecule has 2 aromatic heterocycles. The Morgan fingerprint density at radius 2 is 2.14 bits per heavy atom. The average Bonchev–Trinajstić information content (AvgIpc) is 3.32. The molecule has 0 radical (unpaired) electrons. The van der Waals surface area contributed by atoms with E-state index >= 15 is 0 Å². The van der Waals surface area contributed by atoms with E-state index in [0.29, 0.717) is 10.8 Å². The quantitative estimate of drug-likeness (QED) is 0.520. The smallest absolute Gasteiger partial charge is 0.256 e. The van der Waals surface area contributed by atoms with Gasteiger partial charge < -0.3 is 19.9 Å². The maximum atomic E-state index is 14.0. The molecular formula is C20H19FN4O2S. The van der Waals surface area contributed by atoms with Gasteiger partial charge in [0.05, 0.1) is 27.7 Å². The van der Waals surface area contributed by atoms with E-state index in [1.54, 1.807) is 30.7 Å². The number of pyridine rings is 1. The molecule has 6 nitrogen and oxygen atoms in total. The van der Waals surface area contributed by atoms with Crippen molar-refractivity contribution in [3.05, 3.63) is 46.6 Å². The van der Waals surface area contributed by atoms with Crippen molar-refractivity contribution in [1.82, 2.24) is 15.3 Å². The van der Waals surface area contributed by atoms with Crippen LogP contribution in [-0.4, -0.2) is 49.4 Å². The number of thiazole rings is 1. The summed E-state index contributed by atoms with van der Waals surface area (Å²) in [7, 11) is 3.65. The van der Waals surface area contributed by atoms with Gasteiger partial charge in [-0.05, 0) is 31.3 Å². The molecule has 4 aromatic rings. The summed E-state index contributed by atoms with van der Waals surface area (Å²) in [5.41, 5.74) is 0.579. The molecule has 0 bridgehead atoms. The molecule has 2 atom stereocenters. The fourth-order valence-electron chi connectivity index (χ4n) is 4.12. The van der Waals surface area contributed by atoms with Gasteiger partial charge in [-0.3, -0.25) is 4.79 Å². The van der Waals surface area contributed by atoms with E-state index in [-0.39, 0.29) is 23.5 Å². The highest BCUT2D eigenvalue weighted by molar-refractivity contribution is 7.23. The van der Waals surface area contributed by atoms with Gasteiger partial charge in [0.15, 0.2) is 5.13 Å². The summed E-state index contributed by atoms with van der Waals surface area (Å²) < 4.78 is 20.5. The van der Waals surface area contributed by atoms with E-state index in [9.17, 15) is 9.18 Å². The number of halogens is 1. The lowest BCUT2D eigenvalue weighted by molar-refractivity contribution is 0.0996. The third-order valence-electron chi connectivity index (χ3n) is 5.54. The predicted octanol–water partition coefficient (Wildman–Crippen LogP) is 2.85. The summed E-state index contributed by atoms with van der Waals surface area (Å²) in [6.07, 6.45) is 1.71. The van der Waals surface area contributed by atoms with Crippen LogP contribution in [-0.2, 0) is 4.74 Å². The lowest BCUT2D eigenvalue weighted by Gasteiger charge is -2.14. The SMILES string of the molecule is CN[C@@H]1CN(c2nc3c4ccc(F)cc4c4c(=O)[nH]ccc4c3s2)C[C@@H]1OC. The van der Waals surface area contributed by atoms with E-state index in [1.165, 1.54) is 12.1 Å². The van der Waals surface area contributed by atoms with E-state index < -0.39 is 0 Å². The number of hydrogen-bond acceptors (Lipinski definition) is 6. The first-order chi connectivity index (χ1) is 13.6. The Balaban J connectivity index is 1.78. The van der Waals surface area contributed by atoms with Crippen LogP contribution in [0.1, 0.15) is 0 Å².